The molecule has 126 valence electrons. The molecule has 0 radical (unpaired) electrons. The molecule has 5 heteroatoms. The average Bonchev–Trinajstić information content (AvgIpc) is 3.08. The second-order valence-corrected chi connectivity index (χ2v) is 6.90. The predicted molar refractivity (Wildman–Crippen MR) is 93.9 cm³/mol. The van der Waals surface area contributed by atoms with E-state index in [0.29, 0.717) is 19.0 Å². The number of rotatable bonds is 3. The van der Waals surface area contributed by atoms with Crippen molar-refractivity contribution in [1.29, 1.82) is 0 Å². The van der Waals surface area contributed by atoms with Gasteiger partial charge in [-0.15, -0.1) is 0 Å². The van der Waals surface area contributed by atoms with E-state index in [2.05, 4.69) is 46.3 Å². The molecule has 1 N–H and O–H groups in total. The van der Waals surface area contributed by atoms with Gasteiger partial charge in [0.25, 0.3) is 0 Å². The maximum Gasteiger partial charge on any atom is 0.224 e. The summed E-state index contributed by atoms with van der Waals surface area (Å²) in [5.74, 6) is 0.247. The first kappa shape index (κ1) is 15.2. The normalized spacial score (nSPS) is 19.8. The molecule has 1 aromatic heterocycles. The molecule has 1 aromatic carbocycles. The van der Waals surface area contributed by atoms with E-state index in [4.69, 9.17) is 0 Å². The minimum absolute atomic E-state index is 0.247. The van der Waals surface area contributed by atoms with Crippen molar-refractivity contribution < 1.29 is 4.79 Å². The van der Waals surface area contributed by atoms with E-state index in [0.717, 1.165) is 37.9 Å². The van der Waals surface area contributed by atoms with Gasteiger partial charge in [-0.2, -0.15) is 5.10 Å². The lowest BCUT2D eigenvalue weighted by atomic mass is 9.96. The molecule has 0 fully saturated rings. The van der Waals surface area contributed by atoms with Crippen molar-refractivity contribution >= 4 is 11.6 Å². The fraction of sp³-hybridized carbons (Fsp3) is 0.474. The van der Waals surface area contributed by atoms with Crippen molar-refractivity contribution in [2.75, 3.05) is 18.0 Å². The third-order valence-corrected chi connectivity index (χ3v) is 5.38. The Kier molecular flexibility index (Phi) is 4.00. The summed E-state index contributed by atoms with van der Waals surface area (Å²) in [6.45, 7) is 4.54. The number of fused-ring (bicyclic) bond motifs is 2. The number of benzene rings is 1. The molecule has 2 aliphatic rings. The van der Waals surface area contributed by atoms with Crippen molar-refractivity contribution in [3.8, 4) is 0 Å². The number of carbonyl (C=O) groups excluding carboxylic acids is 1. The summed E-state index contributed by atoms with van der Waals surface area (Å²) in [6, 6.07) is 9.09. The lowest BCUT2D eigenvalue weighted by molar-refractivity contribution is -0.131. The number of nitrogens with one attached hydrogen (secondary N) is 1. The van der Waals surface area contributed by atoms with Crippen molar-refractivity contribution in [2.45, 2.75) is 45.2 Å². The van der Waals surface area contributed by atoms with E-state index in [9.17, 15) is 4.79 Å². The molecular formula is C19H24N4O. The van der Waals surface area contributed by atoms with Crippen LogP contribution in [0.1, 0.15) is 36.6 Å². The lowest BCUT2D eigenvalue weighted by Crippen LogP contribution is -2.41. The van der Waals surface area contributed by atoms with Crippen molar-refractivity contribution in [3.05, 3.63) is 47.3 Å². The minimum atomic E-state index is 0.247. The molecule has 24 heavy (non-hydrogen) atoms. The summed E-state index contributed by atoms with van der Waals surface area (Å²) < 4.78 is 0. The Bertz CT molecular complexity index is 738. The van der Waals surface area contributed by atoms with Crippen molar-refractivity contribution in [3.63, 3.8) is 0 Å². The molecule has 4 rings (SSSR count). The van der Waals surface area contributed by atoms with E-state index < -0.39 is 0 Å². The Hall–Kier alpha value is -2.30. The maximum atomic E-state index is 12.7. The first-order valence-electron chi connectivity index (χ1n) is 8.86. The van der Waals surface area contributed by atoms with Gasteiger partial charge in [0, 0.05) is 55.5 Å². The number of aromatic amines is 1. The molecule has 0 saturated heterocycles. The number of aryl methyl sites for hydroxylation is 1. The van der Waals surface area contributed by atoms with Crippen LogP contribution >= 0.6 is 0 Å². The number of hydrogen-bond donors (Lipinski definition) is 1. The summed E-state index contributed by atoms with van der Waals surface area (Å²) in [5.41, 5.74) is 5.05. The minimum Gasteiger partial charge on any atom is -0.368 e. The zero-order valence-corrected chi connectivity index (χ0v) is 14.2. The highest BCUT2D eigenvalue weighted by Gasteiger charge is 2.25. The summed E-state index contributed by atoms with van der Waals surface area (Å²) in [4.78, 5) is 17.0. The first-order valence-corrected chi connectivity index (χ1v) is 8.86. The number of hydrogen-bond acceptors (Lipinski definition) is 3. The van der Waals surface area contributed by atoms with E-state index >= 15 is 0 Å². The summed E-state index contributed by atoms with van der Waals surface area (Å²) >= 11 is 0. The van der Waals surface area contributed by atoms with E-state index in [1.807, 2.05) is 11.1 Å². The molecule has 1 atom stereocenters. The average molecular weight is 324 g/mol. The van der Waals surface area contributed by atoms with Crippen LogP contribution in [0.2, 0.25) is 0 Å². The summed E-state index contributed by atoms with van der Waals surface area (Å²) in [5, 5.41) is 7.10. The number of carbonyl (C=O) groups is 1. The second-order valence-electron chi connectivity index (χ2n) is 6.90. The Morgan fingerprint density at radius 1 is 1.29 bits per heavy atom. The van der Waals surface area contributed by atoms with Gasteiger partial charge < -0.3 is 9.80 Å². The number of anilines is 1. The van der Waals surface area contributed by atoms with Crippen molar-refractivity contribution in [2.24, 2.45) is 0 Å². The van der Waals surface area contributed by atoms with Crippen LogP contribution in [-0.2, 0) is 24.2 Å². The largest absolute Gasteiger partial charge is 0.368 e. The Morgan fingerprint density at radius 2 is 2.17 bits per heavy atom. The molecule has 1 unspecified atom stereocenters. The Balaban J connectivity index is 1.41. The summed E-state index contributed by atoms with van der Waals surface area (Å²) in [6.07, 6.45) is 5.60. The fourth-order valence-electron chi connectivity index (χ4n) is 3.91. The molecule has 0 bridgehead atoms. The summed E-state index contributed by atoms with van der Waals surface area (Å²) in [7, 11) is 0. The quantitative estimate of drug-likeness (QED) is 0.944. The van der Waals surface area contributed by atoms with Gasteiger partial charge in [0.1, 0.15) is 0 Å². The van der Waals surface area contributed by atoms with Crippen LogP contribution in [0.25, 0.3) is 0 Å². The zero-order chi connectivity index (χ0) is 16.5. The third-order valence-electron chi connectivity index (χ3n) is 5.38. The van der Waals surface area contributed by atoms with E-state index in [1.165, 1.54) is 16.9 Å². The van der Waals surface area contributed by atoms with Gasteiger partial charge in [0.15, 0.2) is 0 Å². The van der Waals surface area contributed by atoms with Crippen LogP contribution in [0, 0.1) is 0 Å². The molecule has 0 spiro atoms. The second kappa shape index (κ2) is 6.30. The van der Waals surface area contributed by atoms with Gasteiger partial charge >= 0.3 is 0 Å². The van der Waals surface area contributed by atoms with Gasteiger partial charge in [0.05, 0.1) is 6.20 Å². The van der Waals surface area contributed by atoms with E-state index in [-0.39, 0.29) is 5.91 Å². The number of H-pyrrole nitrogens is 1. The highest BCUT2D eigenvalue weighted by molar-refractivity contribution is 5.77. The van der Waals surface area contributed by atoms with E-state index in [1.54, 1.807) is 0 Å². The Morgan fingerprint density at radius 3 is 3.08 bits per heavy atom. The van der Waals surface area contributed by atoms with Gasteiger partial charge in [-0.05, 0) is 31.4 Å². The molecular weight excluding hydrogens is 300 g/mol. The number of aromatic nitrogens is 2. The smallest absolute Gasteiger partial charge is 0.224 e. The SMILES string of the molecule is CC1CCc2ccccc2N1CCC(=O)N1CCc2[nH]ncc2C1. The van der Waals surface area contributed by atoms with Crippen LogP contribution in [0.3, 0.4) is 0 Å². The van der Waals surface area contributed by atoms with Crippen LogP contribution in [0.5, 0.6) is 0 Å². The highest BCUT2D eigenvalue weighted by atomic mass is 16.2. The third kappa shape index (κ3) is 2.79. The predicted octanol–water partition coefficient (Wildman–Crippen LogP) is 2.53. The van der Waals surface area contributed by atoms with Crippen LogP contribution < -0.4 is 4.90 Å². The van der Waals surface area contributed by atoms with Crippen molar-refractivity contribution in [1.82, 2.24) is 15.1 Å². The number of amides is 1. The van der Waals surface area contributed by atoms with Gasteiger partial charge in [-0.3, -0.25) is 9.89 Å². The van der Waals surface area contributed by atoms with Gasteiger partial charge in [-0.1, -0.05) is 18.2 Å². The monoisotopic (exact) mass is 324 g/mol. The zero-order valence-electron chi connectivity index (χ0n) is 14.2. The Labute approximate surface area is 142 Å². The topological polar surface area (TPSA) is 52.2 Å². The molecule has 2 aliphatic heterocycles. The van der Waals surface area contributed by atoms with Crippen LogP contribution in [0.4, 0.5) is 5.69 Å². The maximum absolute atomic E-state index is 12.7. The van der Waals surface area contributed by atoms with Crippen LogP contribution in [-0.4, -0.2) is 40.1 Å². The van der Waals surface area contributed by atoms with Gasteiger partial charge in [0.2, 0.25) is 5.91 Å². The highest BCUT2D eigenvalue weighted by Crippen LogP contribution is 2.30. The molecule has 2 aromatic rings. The lowest BCUT2D eigenvalue weighted by Gasteiger charge is -2.37. The molecule has 3 heterocycles. The molecule has 1 amide bonds. The fourth-order valence-corrected chi connectivity index (χ4v) is 3.91. The molecule has 5 nitrogen and oxygen atoms in total. The van der Waals surface area contributed by atoms with Crippen LogP contribution in [0.15, 0.2) is 30.5 Å². The van der Waals surface area contributed by atoms with Gasteiger partial charge in [-0.25, -0.2) is 0 Å². The number of para-hydroxylation sites is 1. The molecule has 0 saturated carbocycles. The molecule has 0 aliphatic carbocycles. The number of nitrogens with zero attached hydrogens (tertiary/aromatic N) is 3. The standard InChI is InChI=1S/C19H24N4O/c1-14-6-7-15-4-2-3-5-18(15)23(14)11-9-19(24)22-10-8-17-16(13-22)12-20-21-17/h2-5,12,14H,6-11,13H2,1H3,(H,20,21). The first-order chi connectivity index (χ1) is 11.7.